The van der Waals surface area contributed by atoms with Crippen LogP contribution in [0.25, 0.3) is 5.82 Å². The SMILES string of the molecule is O=C(Nc1cc(-n2cccn2)ncn1)c1ccc(S(=O)(=O)N2CCOCC2)cc1. The van der Waals surface area contributed by atoms with Crippen molar-refractivity contribution < 1.29 is 17.9 Å². The minimum Gasteiger partial charge on any atom is -0.379 e. The number of hydrogen-bond acceptors (Lipinski definition) is 7. The van der Waals surface area contributed by atoms with Crippen LogP contribution >= 0.6 is 0 Å². The topological polar surface area (TPSA) is 119 Å². The van der Waals surface area contributed by atoms with Crippen molar-refractivity contribution in [1.82, 2.24) is 24.1 Å². The average Bonchev–Trinajstić information content (AvgIpc) is 3.30. The summed E-state index contributed by atoms with van der Waals surface area (Å²) in [5.74, 6) is 0.401. The Morgan fingerprint density at radius 2 is 1.86 bits per heavy atom. The van der Waals surface area contributed by atoms with Crippen LogP contribution in [0.5, 0.6) is 0 Å². The van der Waals surface area contributed by atoms with Crippen LogP contribution in [0.4, 0.5) is 5.82 Å². The largest absolute Gasteiger partial charge is 0.379 e. The van der Waals surface area contributed by atoms with E-state index in [4.69, 9.17) is 4.74 Å². The summed E-state index contributed by atoms with van der Waals surface area (Å²) in [6.07, 6.45) is 4.67. The molecule has 0 radical (unpaired) electrons. The third-order valence-electron chi connectivity index (χ3n) is 4.36. The van der Waals surface area contributed by atoms with E-state index >= 15 is 0 Å². The van der Waals surface area contributed by atoms with Crippen LogP contribution in [0.3, 0.4) is 0 Å². The third-order valence-corrected chi connectivity index (χ3v) is 6.27. The van der Waals surface area contributed by atoms with Gasteiger partial charge in [-0.1, -0.05) is 0 Å². The summed E-state index contributed by atoms with van der Waals surface area (Å²) in [4.78, 5) is 20.8. The van der Waals surface area contributed by atoms with Crippen molar-refractivity contribution in [2.24, 2.45) is 0 Å². The van der Waals surface area contributed by atoms with Crippen LogP contribution in [0.1, 0.15) is 10.4 Å². The third kappa shape index (κ3) is 4.16. The van der Waals surface area contributed by atoms with E-state index in [2.05, 4.69) is 20.4 Å². The zero-order valence-corrected chi connectivity index (χ0v) is 16.1. The van der Waals surface area contributed by atoms with Gasteiger partial charge in [0.1, 0.15) is 12.1 Å². The quantitative estimate of drug-likeness (QED) is 0.660. The molecule has 0 atom stereocenters. The van der Waals surface area contributed by atoms with E-state index in [0.717, 1.165) is 0 Å². The van der Waals surface area contributed by atoms with E-state index in [0.29, 0.717) is 43.5 Å². The van der Waals surface area contributed by atoms with E-state index in [9.17, 15) is 13.2 Å². The summed E-state index contributed by atoms with van der Waals surface area (Å²) in [5.41, 5.74) is 0.310. The standard InChI is InChI=1S/C18H18N6O4S/c25-18(22-16-12-17(20-13-19-16)24-7-1-6-21-24)14-2-4-15(5-3-14)29(26,27)23-8-10-28-11-9-23/h1-7,12-13H,8-11H2,(H,19,20,22,25). The molecule has 3 aromatic rings. The minimum absolute atomic E-state index is 0.138. The molecular weight excluding hydrogens is 396 g/mol. The van der Waals surface area contributed by atoms with Gasteiger partial charge in [0.15, 0.2) is 5.82 Å². The summed E-state index contributed by atoms with van der Waals surface area (Å²) < 4.78 is 33.4. The van der Waals surface area contributed by atoms with E-state index in [1.165, 1.54) is 34.9 Å². The van der Waals surface area contributed by atoms with Crippen molar-refractivity contribution >= 4 is 21.7 Å². The molecule has 1 fully saturated rings. The fourth-order valence-corrected chi connectivity index (χ4v) is 4.26. The highest BCUT2D eigenvalue weighted by molar-refractivity contribution is 7.89. The van der Waals surface area contributed by atoms with Crippen molar-refractivity contribution in [3.8, 4) is 5.82 Å². The Labute approximate surface area is 167 Å². The maximum absolute atomic E-state index is 12.7. The van der Waals surface area contributed by atoms with Gasteiger partial charge in [-0.3, -0.25) is 4.79 Å². The number of rotatable bonds is 5. The van der Waals surface area contributed by atoms with Gasteiger partial charge in [0.25, 0.3) is 5.91 Å². The number of morpholine rings is 1. The molecule has 0 unspecified atom stereocenters. The number of hydrogen-bond donors (Lipinski definition) is 1. The number of carbonyl (C=O) groups is 1. The number of ether oxygens (including phenoxy) is 1. The lowest BCUT2D eigenvalue weighted by Crippen LogP contribution is -2.40. The Morgan fingerprint density at radius 3 is 2.55 bits per heavy atom. The van der Waals surface area contributed by atoms with Crippen molar-refractivity contribution in [2.75, 3.05) is 31.6 Å². The van der Waals surface area contributed by atoms with Crippen LogP contribution in [0, 0.1) is 0 Å². The number of amides is 1. The van der Waals surface area contributed by atoms with Gasteiger partial charge in [-0.25, -0.2) is 23.1 Å². The number of aromatic nitrogens is 4. The first-order valence-electron chi connectivity index (χ1n) is 8.85. The van der Waals surface area contributed by atoms with Gasteiger partial charge in [-0.2, -0.15) is 9.40 Å². The number of benzene rings is 1. The molecule has 10 nitrogen and oxygen atoms in total. The maximum atomic E-state index is 12.7. The van der Waals surface area contributed by atoms with Gasteiger partial charge in [0.2, 0.25) is 10.0 Å². The van der Waals surface area contributed by atoms with Crippen molar-refractivity contribution in [1.29, 1.82) is 0 Å². The molecular formula is C18H18N6O4S. The fourth-order valence-electron chi connectivity index (χ4n) is 2.85. The van der Waals surface area contributed by atoms with Crippen LogP contribution in [-0.4, -0.2) is 64.7 Å². The molecule has 2 aromatic heterocycles. The van der Waals surface area contributed by atoms with Crippen molar-refractivity contribution in [2.45, 2.75) is 4.90 Å². The molecule has 0 bridgehead atoms. The first-order chi connectivity index (χ1) is 14.0. The van der Waals surface area contributed by atoms with Gasteiger partial charge in [-0.05, 0) is 30.3 Å². The molecule has 0 spiro atoms. The van der Waals surface area contributed by atoms with Gasteiger partial charge in [0.05, 0.1) is 18.1 Å². The second kappa shape index (κ2) is 8.07. The predicted molar refractivity (Wildman–Crippen MR) is 103 cm³/mol. The van der Waals surface area contributed by atoms with E-state index < -0.39 is 15.9 Å². The van der Waals surface area contributed by atoms with Gasteiger partial charge in [0, 0.05) is 37.1 Å². The Hall–Kier alpha value is -3.15. The van der Waals surface area contributed by atoms with Gasteiger partial charge < -0.3 is 10.1 Å². The number of sulfonamides is 1. The first kappa shape index (κ1) is 19.2. The summed E-state index contributed by atoms with van der Waals surface area (Å²) in [5, 5.41) is 6.76. The van der Waals surface area contributed by atoms with Crippen molar-refractivity contribution in [3.05, 3.63) is 60.7 Å². The lowest BCUT2D eigenvalue weighted by atomic mass is 10.2. The number of anilines is 1. The highest BCUT2D eigenvalue weighted by Gasteiger charge is 2.26. The average molecular weight is 414 g/mol. The second-order valence-electron chi connectivity index (χ2n) is 6.21. The molecule has 0 saturated carbocycles. The first-order valence-corrected chi connectivity index (χ1v) is 10.3. The van der Waals surface area contributed by atoms with E-state index in [-0.39, 0.29) is 4.90 Å². The zero-order valence-electron chi connectivity index (χ0n) is 15.3. The molecule has 1 N–H and O–H groups in total. The zero-order chi connectivity index (χ0) is 20.3. The molecule has 1 amide bonds. The Morgan fingerprint density at radius 1 is 1.10 bits per heavy atom. The molecule has 11 heteroatoms. The monoisotopic (exact) mass is 414 g/mol. The number of nitrogens with one attached hydrogen (secondary N) is 1. The normalized spacial score (nSPS) is 15.2. The molecule has 1 aliphatic heterocycles. The van der Waals surface area contributed by atoms with E-state index in [1.807, 2.05) is 0 Å². The predicted octanol–water partition coefficient (Wildman–Crippen LogP) is 0.935. The van der Waals surface area contributed by atoms with Gasteiger partial charge in [-0.15, -0.1) is 0 Å². The van der Waals surface area contributed by atoms with Crippen LogP contribution in [-0.2, 0) is 14.8 Å². The molecule has 150 valence electrons. The number of nitrogens with zero attached hydrogens (tertiary/aromatic N) is 5. The van der Waals surface area contributed by atoms with E-state index in [1.54, 1.807) is 29.2 Å². The van der Waals surface area contributed by atoms with Crippen molar-refractivity contribution in [3.63, 3.8) is 0 Å². The van der Waals surface area contributed by atoms with Gasteiger partial charge >= 0.3 is 0 Å². The lowest BCUT2D eigenvalue weighted by Gasteiger charge is -2.26. The summed E-state index contributed by atoms with van der Waals surface area (Å²) in [6, 6.07) is 9.13. The summed E-state index contributed by atoms with van der Waals surface area (Å²) >= 11 is 0. The van der Waals surface area contributed by atoms with Crippen LogP contribution < -0.4 is 5.32 Å². The molecule has 1 aromatic carbocycles. The highest BCUT2D eigenvalue weighted by atomic mass is 32.2. The molecule has 1 saturated heterocycles. The van der Waals surface area contributed by atoms with Crippen LogP contribution in [0.15, 0.2) is 60.0 Å². The molecule has 4 rings (SSSR count). The fraction of sp³-hybridized carbons (Fsp3) is 0.222. The lowest BCUT2D eigenvalue weighted by molar-refractivity contribution is 0.0730. The Bertz CT molecular complexity index is 1090. The molecule has 29 heavy (non-hydrogen) atoms. The summed E-state index contributed by atoms with van der Waals surface area (Å²) in [7, 11) is -3.60. The Balaban J connectivity index is 1.48. The molecule has 0 aliphatic carbocycles. The molecule has 3 heterocycles. The minimum atomic E-state index is -3.60. The highest BCUT2D eigenvalue weighted by Crippen LogP contribution is 2.18. The maximum Gasteiger partial charge on any atom is 0.256 e. The smallest absolute Gasteiger partial charge is 0.256 e. The van der Waals surface area contributed by atoms with Crippen LogP contribution in [0.2, 0.25) is 0 Å². The number of carbonyl (C=O) groups excluding carboxylic acids is 1. The summed E-state index contributed by atoms with van der Waals surface area (Å²) in [6.45, 7) is 1.38. The molecule has 1 aliphatic rings. The second-order valence-corrected chi connectivity index (χ2v) is 8.14. The Kier molecular flexibility index (Phi) is 5.34.